The molecule has 0 radical (unpaired) electrons. The number of anilines is 1. The molecule has 0 spiro atoms. The second kappa shape index (κ2) is 6.43. The van der Waals surface area contributed by atoms with Crippen LogP contribution in [0.15, 0.2) is 12.7 Å². The summed E-state index contributed by atoms with van der Waals surface area (Å²) in [6, 6.07) is 0. The first-order valence-electron chi connectivity index (χ1n) is 7.30. The molecule has 0 saturated carbocycles. The zero-order valence-electron chi connectivity index (χ0n) is 13.4. The van der Waals surface area contributed by atoms with Crippen LogP contribution in [0.25, 0.3) is 11.2 Å². The fourth-order valence-corrected chi connectivity index (χ4v) is 2.70. The Morgan fingerprint density at radius 2 is 1.88 bits per heavy atom. The first-order valence-corrected chi connectivity index (χ1v) is 7.30. The zero-order valence-corrected chi connectivity index (χ0v) is 13.4. The van der Waals surface area contributed by atoms with E-state index in [1.54, 1.807) is 0 Å². The Bertz CT molecular complexity index is 836. The number of imidazole rings is 1. The lowest BCUT2D eigenvalue weighted by atomic mass is 10.1. The van der Waals surface area contributed by atoms with Gasteiger partial charge >= 0.3 is 11.9 Å². The number of hydrogen-bond acceptors (Lipinski definition) is 10. The third kappa shape index (κ3) is 3.01. The minimum absolute atomic E-state index is 0.161. The molecular formula is C14H15N5O6. The van der Waals surface area contributed by atoms with Gasteiger partial charge in [0.1, 0.15) is 11.8 Å². The number of carbonyl (C=O) groups excluding carboxylic acids is 3. The number of nitrogens with zero attached hydrogens (tertiary/aromatic N) is 4. The Hall–Kier alpha value is -3.08. The summed E-state index contributed by atoms with van der Waals surface area (Å²) in [6.07, 6.45) is -1.17. The van der Waals surface area contributed by atoms with Gasteiger partial charge < -0.3 is 24.7 Å². The SMILES string of the molecule is CC(=O)O[C@H]1[C@H](OC(C)=O)[C@@H](C=O)O[C@H]1n1cnc2c(N)ncnc21. The van der Waals surface area contributed by atoms with Crippen LogP contribution in [-0.4, -0.2) is 56.1 Å². The summed E-state index contributed by atoms with van der Waals surface area (Å²) in [6.45, 7) is 2.38. The number of aromatic nitrogens is 4. The Balaban J connectivity index is 2.05. The molecule has 0 aliphatic carbocycles. The average Bonchev–Trinajstić information content (AvgIpc) is 3.10. The van der Waals surface area contributed by atoms with Crippen molar-refractivity contribution in [1.29, 1.82) is 0 Å². The van der Waals surface area contributed by atoms with E-state index in [1.165, 1.54) is 31.1 Å². The third-order valence-corrected chi connectivity index (χ3v) is 3.62. The number of hydrogen-bond donors (Lipinski definition) is 1. The molecule has 2 aromatic rings. The second-order valence-corrected chi connectivity index (χ2v) is 5.36. The van der Waals surface area contributed by atoms with Crippen molar-refractivity contribution in [2.24, 2.45) is 0 Å². The predicted octanol–water partition coefficient (Wildman–Crippen LogP) is -0.632. The molecule has 3 heterocycles. The Morgan fingerprint density at radius 1 is 1.20 bits per heavy atom. The monoisotopic (exact) mass is 349 g/mol. The lowest BCUT2D eigenvalue weighted by Gasteiger charge is -2.23. The summed E-state index contributed by atoms with van der Waals surface area (Å²) >= 11 is 0. The van der Waals surface area contributed by atoms with Crippen molar-refractivity contribution in [2.75, 3.05) is 5.73 Å². The van der Waals surface area contributed by atoms with Crippen LogP contribution in [0.2, 0.25) is 0 Å². The van der Waals surface area contributed by atoms with Crippen LogP contribution >= 0.6 is 0 Å². The van der Waals surface area contributed by atoms with Gasteiger partial charge in [-0.15, -0.1) is 0 Å². The number of nitrogen functional groups attached to an aromatic ring is 1. The van der Waals surface area contributed by atoms with Crippen LogP contribution in [0, 0.1) is 0 Å². The van der Waals surface area contributed by atoms with Crippen molar-refractivity contribution in [3.8, 4) is 0 Å². The predicted molar refractivity (Wildman–Crippen MR) is 80.8 cm³/mol. The van der Waals surface area contributed by atoms with Gasteiger partial charge in [-0.05, 0) is 0 Å². The average molecular weight is 349 g/mol. The van der Waals surface area contributed by atoms with Gasteiger partial charge in [0.15, 0.2) is 42.3 Å². The molecule has 132 valence electrons. The topological polar surface area (TPSA) is 149 Å². The zero-order chi connectivity index (χ0) is 18.1. The molecule has 11 heteroatoms. The molecule has 1 aliphatic heterocycles. The lowest BCUT2D eigenvalue weighted by molar-refractivity contribution is -0.165. The quantitative estimate of drug-likeness (QED) is 0.558. The molecule has 2 aromatic heterocycles. The number of rotatable bonds is 4. The molecule has 1 fully saturated rings. The van der Waals surface area contributed by atoms with E-state index < -0.39 is 36.5 Å². The highest BCUT2D eigenvalue weighted by atomic mass is 16.6. The molecule has 1 aliphatic rings. The highest BCUT2D eigenvalue weighted by Crippen LogP contribution is 2.35. The molecule has 0 unspecified atom stereocenters. The number of carbonyl (C=O) groups is 3. The molecule has 25 heavy (non-hydrogen) atoms. The van der Waals surface area contributed by atoms with E-state index in [9.17, 15) is 14.4 Å². The number of esters is 2. The molecule has 2 N–H and O–H groups in total. The van der Waals surface area contributed by atoms with Crippen molar-refractivity contribution in [2.45, 2.75) is 38.4 Å². The molecule has 4 atom stereocenters. The van der Waals surface area contributed by atoms with Crippen molar-refractivity contribution in [3.05, 3.63) is 12.7 Å². The summed E-state index contributed by atoms with van der Waals surface area (Å²) in [5.41, 5.74) is 6.40. The smallest absolute Gasteiger partial charge is 0.303 e. The van der Waals surface area contributed by atoms with Gasteiger partial charge in [0.2, 0.25) is 0 Å². The first kappa shape index (κ1) is 16.8. The van der Waals surface area contributed by atoms with Gasteiger partial charge in [0, 0.05) is 13.8 Å². The van der Waals surface area contributed by atoms with Gasteiger partial charge in [0.25, 0.3) is 0 Å². The summed E-state index contributed by atoms with van der Waals surface area (Å²) < 4.78 is 17.5. The number of ether oxygens (including phenoxy) is 3. The van der Waals surface area contributed by atoms with E-state index in [-0.39, 0.29) is 5.82 Å². The number of aldehydes is 1. The summed E-state index contributed by atoms with van der Waals surface area (Å²) in [7, 11) is 0. The van der Waals surface area contributed by atoms with E-state index in [1.807, 2.05) is 0 Å². The van der Waals surface area contributed by atoms with Crippen LogP contribution < -0.4 is 5.73 Å². The second-order valence-electron chi connectivity index (χ2n) is 5.36. The van der Waals surface area contributed by atoms with Gasteiger partial charge in [-0.3, -0.25) is 14.2 Å². The van der Waals surface area contributed by atoms with E-state index in [2.05, 4.69) is 15.0 Å². The van der Waals surface area contributed by atoms with Crippen molar-refractivity contribution in [3.63, 3.8) is 0 Å². The molecule has 3 rings (SSSR count). The van der Waals surface area contributed by atoms with Crippen LogP contribution in [0.1, 0.15) is 20.1 Å². The maximum atomic E-state index is 11.5. The Morgan fingerprint density at radius 3 is 2.52 bits per heavy atom. The molecule has 0 aromatic carbocycles. The summed E-state index contributed by atoms with van der Waals surface area (Å²) in [5.74, 6) is -1.10. The lowest BCUT2D eigenvalue weighted by Crippen LogP contribution is -2.39. The van der Waals surface area contributed by atoms with Gasteiger partial charge in [-0.2, -0.15) is 0 Å². The molecule has 1 saturated heterocycles. The molecule has 0 amide bonds. The van der Waals surface area contributed by atoms with Crippen LogP contribution in [-0.2, 0) is 28.6 Å². The van der Waals surface area contributed by atoms with Gasteiger partial charge in [-0.1, -0.05) is 0 Å². The molecular weight excluding hydrogens is 334 g/mol. The van der Waals surface area contributed by atoms with Crippen molar-refractivity contribution < 1.29 is 28.6 Å². The fourth-order valence-electron chi connectivity index (χ4n) is 2.70. The van der Waals surface area contributed by atoms with E-state index in [0.29, 0.717) is 17.5 Å². The molecule has 0 bridgehead atoms. The normalized spacial score (nSPS) is 25.7. The standard InChI is InChI=1S/C14H15N5O6/c1-6(21)23-10-8(3-20)25-14(11(10)24-7(2)22)19-5-18-9-12(15)16-4-17-13(9)19/h3-5,8,10-11,14H,1-2H3,(H2,15,16,17)/t8-,10-,11+,14-/m1/s1. The fraction of sp³-hybridized carbons (Fsp3) is 0.429. The maximum absolute atomic E-state index is 11.5. The maximum Gasteiger partial charge on any atom is 0.303 e. The minimum atomic E-state index is -1.12. The number of fused-ring (bicyclic) bond motifs is 1. The summed E-state index contributed by atoms with van der Waals surface area (Å²) in [4.78, 5) is 46.2. The van der Waals surface area contributed by atoms with E-state index >= 15 is 0 Å². The number of nitrogens with two attached hydrogens (primary N) is 1. The largest absolute Gasteiger partial charge is 0.455 e. The highest BCUT2D eigenvalue weighted by molar-refractivity contribution is 5.81. The molecule has 11 nitrogen and oxygen atoms in total. The highest BCUT2D eigenvalue weighted by Gasteiger charge is 2.50. The van der Waals surface area contributed by atoms with Crippen LogP contribution in [0.5, 0.6) is 0 Å². The van der Waals surface area contributed by atoms with Gasteiger partial charge in [-0.25, -0.2) is 15.0 Å². The van der Waals surface area contributed by atoms with E-state index in [4.69, 9.17) is 19.9 Å². The first-order chi connectivity index (χ1) is 11.9. The van der Waals surface area contributed by atoms with Gasteiger partial charge in [0.05, 0.1) is 6.33 Å². The Labute approximate surface area is 141 Å². The van der Waals surface area contributed by atoms with E-state index in [0.717, 1.165) is 0 Å². The summed E-state index contributed by atoms with van der Waals surface area (Å²) in [5, 5.41) is 0. The minimum Gasteiger partial charge on any atom is -0.455 e. The van der Waals surface area contributed by atoms with Crippen molar-refractivity contribution >= 4 is 35.2 Å². The van der Waals surface area contributed by atoms with Crippen LogP contribution in [0.3, 0.4) is 0 Å². The van der Waals surface area contributed by atoms with Crippen LogP contribution in [0.4, 0.5) is 5.82 Å². The van der Waals surface area contributed by atoms with Crippen molar-refractivity contribution in [1.82, 2.24) is 19.5 Å². The third-order valence-electron chi connectivity index (χ3n) is 3.62. The Kier molecular flexibility index (Phi) is 4.31.